The third-order valence-electron chi connectivity index (χ3n) is 6.61. The minimum atomic E-state index is -0.399. The zero-order chi connectivity index (χ0) is 17.3. The largest absolute Gasteiger partial charge is 0.388 e. The summed E-state index contributed by atoms with van der Waals surface area (Å²) in [6.45, 7) is 3.08. The van der Waals surface area contributed by atoms with E-state index in [1.165, 1.54) is 44.2 Å². The Morgan fingerprint density at radius 3 is 2.56 bits per heavy atom. The van der Waals surface area contributed by atoms with E-state index >= 15 is 0 Å². The van der Waals surface area contributed by atoms with E-state index in [1.807, 2.05) is 12.1 Å². The first-order valence-electron chi connectivity index (χ1n) is 9.91. The highest BCUT2D eigenvalue weighted by atomic mass is 16.3. The molecule has 1 aromatic carbocycles. The van der Waals surface area contributed by atoms with Gasteiger partial charge in [-0.05, 0) is 55.8 Å². The van der Waals surface area contributed by atoms with Crippen LogP contribution in [-0.2, 0) is 10.2 Å². The van der Waals surface area contributed by atoms with E-state index in [4.69, 9.17) is 0 Å². The normalized spacial score (nSPS) is 23.5. The average Bonchev–Trinajstić information content (AvgIpc) is 2.99. The van der Waals surface area contributed by atoms with Gasteiger partial charge in [0.25, 0.3) is 0 Å². The lowest BCUT2D eigenvalue weighted by Crippen LogP contribution is -2.43. The molecule has 1 aromatic rings. The number of aliphatic hydroxyl groups is 1. The van der Waals surface area contributed by atoms with E-state index in [0.717, 1.165) is 43.0 Å². The number of aliphatic hydroxyl groups excluding tert-OH is 1. The number of carbonyl (C=O) groups is 1. The number of fused-ring (bicyclic) bond motifs is 2. The molecule has 25 heavy (non-hydrogen) atoms. The van der Waals surface area contributed by atoms with Crippen molar-refractivity contribution in [1.82, 2.24) is 4.90 Å². The zero-order valence-corrected chi connectivity index (χ0v) is 15.0. The van der Waals surface area contributed by atoms with Crippen molar-refractivity contribution in [1.29, 1.82) is 0 Å². The SMILES string of the molecule is O=C(CO)C1=CC2(CCN(CC3CCCCC3)CC2)c2ccccc21. The van der Waals surface area contributed by atoms with Gasteiger partial charge in [-0.25, -0.2) is 0 Å². The van der Waals surface area contributed by atoms with Crippen LogP contribution >= 0.6 is 0 Å². The van der Waals surface area contributed by atoms with Crippen LogP contribution in [-0.4, -0.2) is 42.0 Å². The van der Waals surface area contributed by atoms with Gasteiger partial charge in [0.05, 0.1) is 0 Å². The predicted molar refractivity (Wildman–Crippen MR) is 100 cm³/mol. The van der Waals surface area contributed by atoms with Gasteiger partial charge in [0.1, 0.15) is 6.61 Å². The number of likely N-dealkylation sites (tertiary alicyclic amines) is 1. The molecule has 1 heterocycles. The Morgan fingerprint density at radius 1 is 1.12 bits per heavy atom. The van der Waals surface area contributed by atoms with E-state index in [-0.39, 0.29) is 11.2 Å². The third-order valence-corrected chi connectivity index (χ3v) is 6.61. The van der Waals surface area contributed by atoms with Crippen LogP contribution < -0.4 is 0 Å². The fourth-order valence-corrected chi connectivity index (χ4v) is 5.18. The van der Waals surface area contributed by atoms with Crippen LogP contribution in [0.4, 0.5) is 0 Å². The van der Waals surface area contributed by atoms with Crippen LogP contribution in [0.3, 0.4) is 0 Å². The number of hydrogen-bond acceptors (Lipinski definition) is 3. The summed E-state index contributed by atoms with van der Waals surface area (Å²) in [4.78, 5) is 14.8. The molecule has 0 radical (unpaired) electrons. The summed E-state index contributed by atoms with van der Waals surface area (Å²) in [5, 5.41) is 9.33. The van der Waals surface area contributed by atoms with Crippen LogP contribution in [0, 0.1) is 5.92 Å². The van der Waals surface area contributed by atoms with Gasteiger partial charge < -0.3 is 10.0 Å². The first-order valence-corrected chi connectivity index (χ1v) is 9.91. The number of ketones is 1. The molecular weight excluding hydrogens is 310 g/mol. The highest BCUT2D eigenvalue weighted by molar-refractivity contribution is 6.23. The molecule has 1 N–H and O–H groups in total. The number of hydrogen-bond donors (Lipinski definition) is 1. The lowest BCUT2D eigenvalue weighted by Gasteiger charge is -2.41. The van der Waals surface area contributed by atoms with E-state index in [9.17, 15) is 9.90 Å². The lowest BCUT2D eigenvalue weighted by atomic mass is 9.74. The molecule has 0 amide bonds. The second-order valence-electron chi connectivity index (χ2n) is 8.15. The van der Waals surface area contributed by atoms with Gasteiger partial charge in [-0.3, -0.25) is 4.79 Å². The van der Waals surface area contributed by atoms with Crippen molar-refractivity contribution in [2.45, 2.75) is 50.4 Å². The molecule has 3 heteroatoms. The topological polar surface area (TPSA) is 40.5 Å². The highest BCUT2D eigenvalue weighted by Crippen LogP contribution is 2.47. The first-order chi connectivity index (χ1) is 12.2. The molecule has 0 aromatic heterocycles. The van der Waals surface area contributed by atoms with Gasteiger partial charge in [0.15, 0.2) is 5.78 Å². The lowest BCUT2D eigenvalue weighted by molar-refractivity contribution is -0.116. The number of piperidine rings is 1. The minimum Gasteiger partial charge on any atom is -0.388 e. The molecule has 1 spiro atoms. The van der Waals surface area contributed by atoms with Crippen molar-refractivity contribution in [3.05, 3.63) is 41.5 Å². The van der Waals surface area contributed by atoms with Crippen molar-refractivity contribution < 1.29 is 9.90 Å². The monoisotopic (exact) mass is 339 g/mol. The van der Waals surface area contributed by atoms with Crippen LogP contribution in [0.1, 0.15) is 56.1 Å². The van der Waals surface area contributed by atoms with Gasteiger partial charge in [-0.15, -0.1) is 0 Å². The highest BCUT2D eigenvalue weighted by Gasteiger charge is 2.41. The standard InChI is InChI=1S/C22H29NO2/c24-16-21(25)19-14-22(20-9-5-4-8-18(19)20)10-12-23(13-11-22)15-17-6-2-1-3-7-17/h4-5,8-9,14,17,24H,1-3,6-7,10-13,15-16H2. The summed E-state index contributed by atoms with van der Waals surface area (Å²) in [7, 11) is 0. The maximum absolute atomic E-state index is 12.2. The molecule has 0 atom stereocenters. The van der Waals surface area contributed by atoms with Crippen LogP contribution in [0.2, 0.25) is 0 Å². The summed E-state index contributed by atoms with van der Waals surface area (Å²) >= 11 is 0. The Bertz CT molecular complexity index is 664. The van der Waals surface area contributed by atoms with Crippen molar-refractivity contribution in [2.24, 2.45) is 5.92 Å². The molecule has 1 aliphatic heterocycles. The van der Waals surface area contributed by atoms with Crippen LogP contribution in [0.25, 0.3) is 5.57 Å². The number of allylic oxidation sites excluding steroid dienone is 1. The van der Waals surface area contributed by atoms with E-state index in [0.29, 0.717) is 0 Å². The Morgan fingerprint density at radius 2 is 1.84 bits per heavy atom. The summed E-state index contributed by atoms with van der Waals surface area (Å²) in [6.07, 6.45) is 11.4. The van der Waals surface area contributed by atoms with Crippen molar-refractivity contribution in [2.75, 3.05) is 26.2 Å². The second-order valence-corrected chi connectivity index (χ2v) is 8.15. The summed E-state index contributed by atoms with van der Waals surface area (Å²) in [6, 6.07) is 8.29. The second kappa shape index (κ2) is 7.05. The molecule has 1 saturated carbocycles. The van der Waals surface area contributed by atoms with E-state index < -0.39 is 6.61 Å². The Kier molecular flexibility index (Phi) is 4.79. The summed E-state index contributed by atoms with van der Waals surface area (Å²) in [5.74, 6) is 0.745. The first kappa shape index (κ1) is 17.0. The van der Waals surface area contributed by atoms with Gasteiger partial charge in [-0.1, -0.05) is 49.6 Å². The summed E-state index contributed by atoms with van der Waals surface area (Å²) < 4.78 is 0. The maximum Gasteiger partial charge on any atom is 0.188 e. The van der Waals surface area contributed by atoms with Gasteiger partial charge >= 0.3 is 0 Å². The predicted octanol–water partition coefficient (Wildman–Crippen LogP) is 3.56. The molecule has 3 nitrogen and oxygen atoms in total. The molecule has 4 rings (SSSR count). The number of benzene rings is 1. The Labute approximate surface area is 150 Å². The van der Waals surface area contributed by atoms with E-state index in [2.05, 4.69) is 23.1 Å². The van der Waals surface area contributed by atoms with Gasteiger partial charge in [0, 0.05) is 17.5 Å². The number of nitrogens with zero attached hydrogens (tertiary/aromatic N) is 1. The quantitative estimate of drug-likeness (QED) is 0.912. The molecule has 3 aliphatic rings. The Balaban J connectivity index is 1.50. The fourth-order valence-electron chi connectivity index (χ4n) is 5.18. The van der Waals surface area contributed by atoms with Crippen molar-refractivity contribution in [3.63, 3.8) is 0 Å². The summed E-state index contributed by atoms with van der Waals surface area (Å²) in [5.41, 5.74) is 3.07. The zero-order valence-electron chi connectivity index (χ0n) is 15.0. The smallest absolute Gasteiger partial charge is 0.188 e. The fraction of sp³-hybridized carbons (Fsp3) is 0.591. The average molecular weight is 339 g/mol. The Hall–Kier alpha value is -1.45. The molecule has 0 unspecified atom stereocenters. The van der Waals surface area contributed by atoms with Gasteiger partial charge in [-0.2, -0.15) is 0 Å². The molecule has 134 valence electrons. The maximum atomic E-state index is 12.2. The third kappa shape index (κ3) is 3.20. The molecular formula is C22H29NO2. The van der Waals surface area contributed by atoms with Crippen molar-refractivity contribution in [3.8, 4) is 0 Å². The number of Topliss-reactive ketones (excluding diaryl/α,β-unsaturated/α-hetero) is 1. The number of carbonyl (C=O) groups excluding carboxylic acids is 1. The molecule has 2 aliphatic carbocycles. The van der Waals surface area contributed by atoms with Crippen LogP contribution in [0.5, 0.6) is 0 Å². The van der Waals surface area contributed by atoms with Gasteiger partial charge in [0.2, 0.25) is 0 Å². The molecule has 2 fully saturated rings. The van der Waals surface area contributed by atoms with E-state index in [1.54, 1.807) is 0 Å². The van der Waals surface area contributed by atoms with Crippen LogP contribution in [0.15, 0.2) is 30.3 Å². The number of rotatable bonds is 4. The molecule has 1 saturated heterocycles. The minimum absolute atomic E-state index is 0.000177. The van der Waals surface area contributed by atoms with Crippen molar-refractivity contribution >= 4 is 11.4 Å². The molecule has 0 bridgehead atoms.